The molecule has 1 aliphatic heterocycles. The van der Waals surface area contributed by atoms with E-state index in [0.29, 0.717) is 24.7 Å². The molecule has 7 heteroatoms. The maximum atomic E-state index is 13.6. The number of nitrogens with zero attached hydrogens (tertiary/aromatic N) is 1. The average molecular weight is 409 g/mol. The van der Waals surface area contributed by atoms with E-state index in [4.69, 9.17) is 9.47 Å². The molecule has 1 N–H and O–H groups in total. The van der Waals surface area contributed by atoms with Crippen LogP contribution in [0.2, 0.25) is 0 Å². The second kappa shape index (κ2) is 7.84. The first-order valence-electron chi connectivity index (χ1n) is 7.85. The number of anilines is 2. The first-order chi connectivity index (χ1) is 12.1. The van der Waals surface area contributed by atoms with Crippen LogP contribution in [0, 0.1) is 5.82 Å². The Hall–Kier alpha value is -2.12. The van der Waals surface area contributed by atoms with Crippen molar-refractivity contribution in [2.75, 3.05) is 43.6 Å². The number of hydrogen-bond acceptors (Lipinski definition) is 4. The summed E-state index contributed by atoms with van der Waals surface area (Å²) in [5.74, 6) is -0.598. The monoisotopic (exact) mass is 408 g/mol. The predicted molar refractivity (Wildman–Crippen MR) is 98.1 cm³/mol. The summed E-state index contributed by atoms with van der Waals surface area (Å²) in [6, 6.07) is 9.55. The molecule has 0 radical (unpaired) electrons. The van der Waals surface area contributed by atoms with E-state index in [-0.39, 0.29) is 5.56 Å². The van der Waals surface area contributed by atoms with Gasteiger partial charge < -0.3 is 19.7 Å². The molecule has 1 saturated heterocycles. The standard InChI is InChI=1S/C18H18BrFN2O3/c1-24-17-5-3-13(20)11-14(17)18(23)21-15-10-12(19)2-4-16(15)22-6-8-25-9-7-22/h2-5,10-11H,6-9H2,1H3,(H,21,23). The highest BCUT2D eigenvalue weighted by molar-refractivity contribution is 9.10. The van der Waals surface area contributed by atoms with Gasteiger partial charge in [0.25, 0.3) is 5.91 Å². The van der Waals surface area contributed by atoms with Crippen LogP contribution in [0.5, 0.6) is 5.75 Å². The second-order valence-electron chi connectivity index (χ2n) is 5.56. The van der Waals surface area contributed by atoms with Gasteiger partial charge in [-0.2, -0.15) is 0 Å². The van der Waals surface area contributed by atoms with E-state index in [9.17, 15) is 9.18 Å². The van der Waals surface area contributed by atoms with Gasteiger partial charge in [-0.1, -0.05) is 15.9 Å². The van der Waals surface area contributed by atoms with Crippen LogP contribution in [-0.2, 0) is 4.74 Å². The number of amides is 1. The van der Waals surface area contributed by atoms with Crippen molar-refractivity contribution in [2.24, 2.45) is 0 Å². The number of carbonyl (C=O) groups is 1. The van der Waals surface area contributed by atoms with E-state index < -0.39 is 11.7 Å². The zero-order chi connectivity index (χ0) is 17.8. The third kappa shape index (κ3) is 4.11. The molecule has 0 bridgehead atoms. The van der Waals surface area contributed by atoms with Gasteiger partial charge in [-0.05, 0) is 36.4 Å². The van der Waals surface area contributed by atoms with Crippen molar-refractivity contribution in [3.63, 3.8) is 0 Å². The van der Waals surface area contributed by atoms with Crippen LogP contribution < -0.4 is 15.0 Å². The van der Waals surface area contributed by atoms with Gasteiger partial charge in [0.15, 0.2) is 0 Å². The van der Waals surface area contributed by atoms with Gasteiger partial charge in [-0.3, -0.25) is 4.79 Å². The van der Waals surface area contributed by atoms with Crippen molar-refractivity contribution >= 4 is 33.2 Å². The van der Waals surface area contributed by atoms with E-state index in [1.54, 1.807) is 0 Å². The Bertz CT molecular complexity index is 779. The molecule has 0 aromatic heterocycles. The largest absolute Gasteiger partial charge is 0.496 e. The summed E-state index contributed by atoms with van der Waals surface area (Å²) >= 11 is 3.43. The molecule has 0 spiro atoms. The highest BCUT2D eigenvalue weighted by atomic mass is 79.9. The van der Waals surface area contributed by atoms with Gasteiger partial charge in [-0.25, -0.2) is 4.39 Å². The lowest BCUT2D eigenvalue weighted by atomic mass is 10.1. The van der Waals surface area contributed by atoms with Gasteiger partial charge in [0.2, 0.25) is 0 Å². The minimum absolute atomic E-state index is 0.149. The van der Waals surface area contributed by atoms with Crippen molar-refractivity contribution < 1.29 is 18.7 Å². The van der Waals surface area contributed by atoms with Gasteiger partial charge in [0.1, 0.15) is 11.6 Å². The molecule has 1 aliphatic rings. The third-order valence-electron chi connectivity index (χ3n) is 3.96. The molecule has 1 fully saturated rings. The molecular formula is C18H18BrFN2O3. The van der Waals surface area contributed by atoms with Crippen LogP contribution >= 0.6 is 15.9 Å². The fourth-order valence-corrected chi connectivity index (χ4v) is 3.10. The van der Waals surface area contributed by atoms with Crippen molar-refractivity contribution in [3.05, 3.63) is 52.3 Å². The Balaban J connectivity index is 1.90. The van der Waals surface area contributed by atoms with Crippen LogP contribution in [0.3, 0.4) is 0 Å². The first-order valence-corrected chi connectivity index (χ1v) is 8.65. The average Bonchev–Trinajstić information content (AvgIpc) is 2.62. The fraction of sp³-hybridized carbons (Fsp3) is 0.278. The zero-order valence-electron chi connectivity index (χ0n) is 13.7. The Morgan fingerprint density at radius 1 is 1.24 bits per heavy atom. The SMILES string of the molecule is COc1ccc(F)cc1C(=O)Nc1cc(Br)ccc1N1CCOCC1. The van der Waals surface area contributed by atoms with Crippen molar-refractivity contribution in [2.45, 2.75) is 0 Å². The van der Waals surface area contributed by atoms with Gasteiger partial charge in [-0.15, -0.1) is 0 Å². The molecule has 0 atom stereocenters. The Kier molecular flexibility index (Phi) is 5.55. The highest BCUT2D eigenvalue weighted by Crippen LogP contribution is 2.31. The third-order valence-corrected chi connectivity index (χ3v) is 4.46. The van der Waals surface area contributed by atoms with Gasteiger partial charge in [0.05, 0.1) is 37.3 Å². The molecule has 2 aromatic carbocycles. The maximum Gasteiger partial charge on any atom is 0.259 e. The van der Waals surface area contributed by atoms with Crippen LogP contribution in [0.15, 0.2) is 40.9 Å². The number of carbonyl (C=O) groups excluding carboxylic acids is 1. The summed E-state index contributed by atoms with van der Waals surface area (Å²) < 4.78 is 24.9. The number of halogens is 2. The molecule has 0 saturated carbocycles. The topological polar surface area (TPSA) is 50.8 Å². The number of morpholine rings is 1. The molecule has 25 heavy (non-hydrogen) atoms. The number of methoxy groups -OCH3 is 1. The summed E-state index contributed by atoms with van der Waals surface area (Å²) in [4.78, 5) is 14.8. The molecule has 3 rings (SSSR count). The quantitative estimate of drug-likeness (QED) is 0.837. The van der Waals surface area contributed by atoms with Crippen LogP contribution in [0.25, 0.3) is 0 Å². The zero-order valence-corrected chi connectivity index (χ0v) is 15.3. The normalized spacial score (nSPS) is 14.3. The molecule has 5 nitrogen and oxygen atoms in total. The molecule has 132 valence electrons. The van der Waals surface area contributed by atoms with Crippen molar-refractivity contribution in [3.8, 4) is 5.75 Å². The first kappa shape index (κ1) is 17.7. The Labute approximate surface area is 153 Å². The van der Waals surface area contributed by atoms with Crippen LogP contribution in [-0.4, -0.2) is 39.3 Å². The van der Waals surface area contributed by atoms with Gasteiger partial charge in [0, 0.05) is 17.6 Å². The Morgan fingerprint density at radius 3 is 2.72 bits per heavy atom. The molecule has 0 unspecified atom stereocenters. The summed E-state index contributed by atoms with van der Waals surface area (Å²) in [5.41, 5.74) is 1.69. The number of benzene rings is 2. The van der Waals surface area contributed by atoms with Crippen molar-refractivity contribution in [1.29, 1.82) is 0 Å². The van der Waals surface area contributed by atoms with Gasteiger partial charge >= 0.3 is 0 Å². The lowest BCUT2D eigenvalue weighted by molar-refractivity contribution is 0.102. The highest BCUT2D eigenvalue weighted by Gasteiger charge is 2.19. The molecule has 1 amide bonds. The number of ether oxygens (including phenoxy) is 2. The summed E-state index contributed by atoms with van der Waals surface area (Å²) in [7, 11) is 1.45. The van der Waals surface area contributed by atoms with Crippen LogP contribution in [0.1, 0.15) is 10.4 Å². The molecular weight excluding hydrogens is 391 g/mol. The molecule has 1 heterocycles. The van der Waals surface area contributed by atoms with E-state index >= 15 is 0 Å². The maximum absolute atomic E-state index is 13.6. The van der Waals surface area contributed by atoms with Crippen molar-refractivity contribution in [1.82, 2.24) is 0 Å². The van der Waals surface area contributed by atoms with E-state index in [0.717, 1.165) is 23.2 Å². The summed E-state index contributed by atoms with van der Waals surface area (Å²) in [6.07, 6.45) is 0. The lowest BCUT2D eigenvalue weighted by Gasteiger charge is -2.30. The van der Waals surface area contributed by atoms with E-state index in [1.807, 2.05) is 18.2 Å². The molecule has 0 aliphatic carbocycles. The van der Waals surface area contributed by atoms with Crippen LogP contribution in [0.4, 0.5) is 15.8 Å². The number of nitrogens with one attached hydrogen (secondary N) is 1. The fourth-order valence-electron chi connectivity index (χ4n) is 2.74. The number of hydrogen-bond donors (Lipinski definition) is 1. The lowest BCUT2D eigenvalue weighted by Crippen LogP contribution is -2.36. The van der Waals surface area contributed by atoms with E-state index in [2.05, 4.69) is 26.1 Å². The summed E-state index contributed by atoms with van der Waals surface area (Å²) in [6.45, 7) is 2.77. The second-order valence-corrected chi connectivity index (χ2v) is 6.48. The minimum atomic E-state index is -0.492. The smallest absolute Gasteiger partial charge is 0.259 e. The van der Waals surface area contributed by atoms with E-state index in [1.165, 1.54) is 25.3 Å². The Morgan fingerprint density at radius 2 is 2.00 bits per heavy atom. The predicted octanol–water partition coefficient (Wildman–Crippen LogP) is 3.69. The summed E-state index contributed by atoms with van der Waals surface area (Å²) in [5, 5.41) is 2.87. The molecule has 2 aromatic rings. The minimum Gasteiger partial charge on any atom is -0.496 e. The number of rotatable bonds is 4.